The fourth-order valence-electron chi connectivity index (χ4n) is 4.15. The second kappa shape index (κ2) is 9.94. The van der Waals surface area contributed by atoms with E-state index in [2.05, 4.69) is 0 Å². The highest BCUT2D eigenvalue weighted by molar-refractivity contribution is 5.95. The summed E-state index contributed by atoms with van der Waals surface area (Å²) in [5.74, 6) is -1.82. The van der Waals surface area contributed by atoms with Crippen molar-refractivity contribution in [3.05, 3.63) is 71.3 Å². The Kier molecular flexibility index (Phi) is 6.83. The normalized spacial score (nSPS) is 17.2. The number of carbonyl (C=O) groups is 2. The molecule has 0 unspecified atom stereocenters. The van der Waals surface area contributed by atoms with E-state index < -0.39 is 23.1 Å². The van der Waals surface area contributed by atoms with E-state index in [9.17, 15) is 18.4 Å². The standard InChI is InChI=1S/C25H26F2N2O3/c26-21-9-4-10-22(27)24(21)25(31)29-15-13-28(14-16-29)23(30)12-11-18-5-3-8-20(17-18)32-19-6-1-2-7-19/h3-5,8-12,17,19H,1-2,6-7,13-16H2. The number of benzene rings is 2. The highest BCUT2D eigenvalue weighted by Gasteiger charge is 2.27. The number of hydrogen-bond acceptors (Lipinski definition) is 3. The molecule has 0 radical (unpaired) electrons. The lowest BCUT2D eigenvalue weighted by Crippen LogP contribution is -2.50. The molecule has 1 heterocycles. The van der Waals surface area contributed by atoms with E-state index in [4.69, 9.17) is 4.74 Å². The average molecular weight is 440 g/mol. The Morgan fingerprint density at radius 2 is 1.53 bits per heavy atom. The predicted octanol–water partition coefficient (Wildman–Crippen LogP) is 4.28. The van der Waals surface area contributed by atoms with Gasteiger partial charge < -0.3 is 14.5 Å². The van der Waals surface area contributed by atoms with E-state index in [0.717, 1.165) is 36.3 Å². The van der Waals surface area contributed by atoms with Crippen LogP contribution >= 0.6 is 0 Å². The van der Waals surface area contributed by atoms with E-state index in [1.807, 2.05) is 24.3 Å². The molecule has 0 bridgehead atoms. The first kappa shape index (κ1) is 22.0. The van der Waals surface area contributed by atoms with Gasteiger partial charge in [-0.3, -0.25) is 9.59 Å². The number of ether oxygens (including phenoxy) is 1. The summed E-state index contributed by atoms with van der Waals surface area (Å²) in [5.41, 5.74) is 0.324. The molecule has 1 saturated heterocycles. The molecule has 7 heteroatoms. The summed E-state index contributed by atoms with van der Waals surface area (Å²) >= 11 is 0. The molecule has 0 N–H and O–H groups in total. The second-order valence-corrected chi connectivity index (χ2v) is 8.14. The van der Waals surface area contributed by atoms with Gasteiger partial charge in [-0.1, -0.05) is 18.2 Å². The Balaban J connectivity index is 1.32. The molecule has 2 aromatic rings. The van der Waals surface area contributed by atoms with E-state index in [1.165, 1.54) is 29.9 Å². The van der Waals surface area contributed by atoms with Gasteiger partial charge in [0.05, 0.1) is 6.10 Å². The van der Waals surface area contributed by atoms with Gasteiger partial charge in [-0.25, -0.2) is 8.78 Å². The number of piperazine rings is 1. The van der Waals surface area contributed by atoms with Crippen LogP contribution in [0.5, 0.6) is 5.75 Å². The van der Waals surface area contributed by atoms with Crippen molar-refractivity contribution in [1.82, 2.24) is 9.80 Å². The molecule has 2 fully saturated rings. The molecule has 1 saturated carbocycles. The Morgan fingerprint density at radius 3 is 2.22 bits per heavy atom. The first-order chi connectivity index (χ1) is 15.5. The van der Waals surface area contributed by atoms with Gasteiger partial charge in [0, 0.05) is 32.3 Å². The van der Waals surface area contributed by atoms with Crippen LogP contribution in [0.4, 0.5) is 8.78 Å². The fraction of sp³-hybridized carbons (Fsp3) is 0.360. The maximum Gasteiger partial charge on any atom is 0.259 e. The van der Waals surface area contributed by atoms with Crippen LogP contribution in [0.25, 0.3) is 6.08 Å². The zero-order chi connectivity index (χ0) is 22.5. The van der Waals surface area contributed by atoms with Gasteiger partial charge in [-0.15, -0.1) is 0 Å². The Bertz CT molecular complexity index is 990. The third-order valence-electron chi connectivity index (χ3n) is 5.94. The summed E-state index contributed by atoms with van der Waals surface area (Å²) in [6.07, 6.45) is 8.08. The monoisotopic (exact) mass is 440 g/mol. The molecule has 2 aromatic carbocycles. The minimum atomic E-state index is -0.879. The van der Waals surface area contributed by atoms with Crippen molar-refractivity contribution in [3.8, 4) is 5.75 Å². The molecule has 0 atom stereocenters. The minimum Gasteiger partial charge on any atom is -0.490 e. The van der Waals surface area contributed by atoms with E-state index in [0.29, 0.717) is 13.1 Å². The van der Waals surface area contributed by atoms with Gasteiger partial charge in [0.15, 0.2) is 0 Å². The second-order valence-electron chi connectivity index (χ2n) is 8.14. The molecular weight excluding hydrogens is 414 g/mol. The first-order valence-electron chi connectivity index (χ1n) is 11.0. The van der Waals surface area contributed by atoms with Crippen LogP contribution in [0.3, 0.4) is 0 Å². The molecule has 0 aromatic heterocycles. The van der Waals surface area contributed by atoms with Crippen molar-refractivity contribution in [2.24, 2.45) is 0 Å². The third kappa shape index (κ3) is 5.15. The molecule has 2 amide bonds. The lowest BCUT2D eigenvalue weighted by molar-refractivity contribution is -0.127. The van der Waals surface area contributed by atoms with Crippen molar-refractivity contribution in [1.29, 1.82) is 0 Å². The molecule has 32 heavy (non-hydrogen) atoms. The van der Waals surface area contributed by atoms with Gasteiger partial charge in [0.2, 0.25) is 5.91 Å². The summed E-state index contributed by atoms with van der Waals surface area (Å²) in [4.78, 5) is 28.1. The molecule has 168 valence electrons. The molecule has 1 aliphatic heterocycles. The predicted molar refractivity (Wildman–Crippen MR) is 117 cm³/mol. The number of halogens is 2. The summed E-state index contributed by atoms with van der Waals surface area (Å²) in [7, 11) is 0. The number of hydrogen-bond donors (Lipinski definition) is 0. The number of carbonyl (C=O) groups excluding carboxylic acids is 2. The minimum absolute atomic E-state index is 0.170. The van der Waals surface area contributed by atoms with Crippen LogP contribution in [0, 0.1) is 11.6 Å². The molecule has 2 aliphatic rings. The van der Waals surface area contributed by atoms with Crippen molar-refractivity contribution in [3.63, 3.8) is 0 Å². The summed E-state index contributed by atoms with van der Waals surface area (Å²) in [6.45, 7) is 1.04. The lowest BCUT2D eigenvalue weighted by atomic mass is 10.1. The molecular formula is C25H26F2N2O3. The zero-order valence-electron chi connectivity index (χ0n) is 17.8. The average Bonchev–Trinajstić information content (AvgIpc) is 3.30. The maximum absolute atomic E-state index is 13.9. The van der Waals surface area contributed by atoms with Crippen LogP contribution in [-0.2, 0) is 4.79 Å². The topological polar surface area (TPSA) is 49.9 Å². The van der Waals surface area contributed by atoms with E-state index in [1.54, 1.807) is 11.0 Å². The van der Waals surface area contributed by atoms with Crippen molar-refractivity contribution < 1.29 is 23.1 Å². The highest BCUT2D eigenvalue weighted by atomic mass is 19.1. The third-order valence-corrected chi connectivity index (χ3v) is 5.94. The number of amides is 2. The zero-order valence-corrected chi connectivity index (χ0v) is 17.8. The lowest BCUT2D eigenvalue weighted by Gasteiger charge is -2.34. The summed E-state index contributed by atoms with van der Waals surface area (Å²) < 4.78 is 33.8. The van der Waals surface area contributed by atoms with Crippen LogP contribution in [-0.4, -0.2) is 53.9 Å². The molecule has 5 nitrogen and oxygen atoms in total. The fourth-order valence-corrected chi connectivity index (χ4v) is 4.15. The Hall–Kier alpha value is -3.22. The van der Waals surface area contributed by atoms with Gasteiger partial charge in [0.1, 0.15) is 22.9 Å². The Morgan fingerprint density at radius 1 is 0.906 bits per heavy atom. The number of rotatable bonds is 5. The quantitative estimate of drug-likeness (QED) is 0.652. The molecule has 4 rings (SSSR count). The first-order valence-corrected chi connectivity index (χ1v) is 11.0. The molecule has 0 spiro atoms. The van der Waals surface area contributed by atoms with E-state index in [-0.39, 0.29) is 25.1 Å². The van der Waals surface area contributed by atoms with Gasteiger partial charge >= 0.3 is 0 Å². The summed E-state index contributed by atoms with van der Waals surface area (Å²) in [6, 6.07) is 11.0. The van der Waals surface area contributed by atoms with Crippen molar-refractivity contribution in [2.75, 3.05) is 26.2 Å². The summed E-state index contributed by atoms with van der Waals surface area (Å²) in [5, 5.41) is 0. The van der Waals surface area contributed by atoms with Gasteiger partial charge in [-0.05, 0) is 61.6 Å². The maximum atomic E-state index is 13.9. The van der Waals surface area contributed by atoms with Crippen LogP contribution in [0.15, 0.2) is 48.5 Å². The Labute approximate surface area is 186 Å². The molecule has 1 aliphatic carbocycles. The van der Waals surface area contributed by atoms with Gasteiger partial charge in [-0.2, -0.15) is 0 Å². The smallest absolute Gasteiger partial charge is 0.259 e. The van der Waals surface area contributed by atoms with Crippen molar-refractivity contribution in [2.45, 2.75) is 31.8 Å². The van der Waals surface area contributed by atoms with Crippen LogP contribution in [0.2, 0.25) is 0 Å². The van der Waals surface area contributed by atoms with Crippen molar-refractivity contribution >= 4 is 17.9 Å². The van der Waals surface area contributed by atoms with E-state index >= 15 is 0 Å². The van der Waals surface area contributed by atoms with Crippen LogP contribution < -0.4 is 4.74 Å². The SMILES string of the molecule is O=C(C=Cc1cccc(OC2CCCC2)c1)N1CCN(C(=O)c2c(F)cccc2F)CC1. The highest BCUT2D eigenvalue weighted by Crippen LogP contribution is 2.25. The van der Waals surface area contributed by atoms with Gasteiger partial charge in [0.25, 0.3) is 5.91 Å². The largest absolute Gasteiger partial charge is 0.490 e. The van der Waals surface area contributed by atoms with Crippen LogP contribution in [0.1, 0.15) is 41.6 Å². The number of nitrogens with zero attached hydrogens (tertiary/aromatic N) is 2.